The fraction of sp³-hybridized carbons (Fsp3) is 1.00. The number of aliphatic hydroxyl groups excluding tert-OH is 6. The Hall–Kier alpha value is 0.510. The van der Waals surface area contributed by atoms with Gasteiger partial charge in [0.15, 0.2) is 6.29 Å². The number of aliphatic hydroxyl groups is 6. The minimum atomic E-state index is -5.11. The number of rotatable bonds is 12. The van der Waals surface area contributed by atoms with Crippen molar-refractivity contribution in [2.75, 3.05) is 20.3 Å². The predicted molar refractivity (Wildman–Crippen MR) is 175 cm³/mol. The summed E-state index contributed by atoms with van der Waals surface area (Å²) in [6, 6.07) is 0. The van der Waals surface area contributed by atoms with Crippen molar-refractivity contribution in [1.82, 2.24) is 0 Å². The van der Waals surface area contributed by atoms with E-state index in [0.717, 1.165) is 25.7 Å². The largest absolute Gasteiger partial charge is 1.00 e. The third-order valence-corrected chi connectivity index (χ3v) is 14.6. The van der Waals surface area contributed by atoms with E-state index >= 15 is 0 Å². The van der Waals surface area contributed by atoms with Crippen molar-refractivity contribution in [3.05, 3.63) is 0 Å². The molecule has 18 atom stereocenters. The summed E-state index contributed by atoms with van der Waals surface area (Å²) in [5.41, 5.74) is -1.08. The molecule has 286 valence electrons. The van der Waals surface area contributed by atoms with Gasteiger partial charge in [-0.1, -0.05) is 41.0 Å². The summed E-state index contributed by atoms with van der Waals surface area (Å²) >= 11 is 0. The maximum atomic E-state index is 11.9. The van der Waals surface area contributed by atoms with E-state index in [9.17, 15) is 43.6 Å². The first kappa shape index (κ1) is 43.2. The van der Waals surface area contributed by atoms with Gasteiger partial charge in [0.05, 0.1) is 43.7 Å². The Morgan fingerprint density at radius 3 is 2.12 bits per heavy atom. The van der Waals surface area contributed by atoms with Crippen LogP contribution in [0, 0.1) is 58.2 Å². The fourth-order valence-corrected chi connectivity index (χ4v) is 12.1. The Bertz CT molecular complexity index is 1230. The number of ether oxygens (including phenoxy) is 3. The summed E-state index contributed by atoms with van der Waals surface area (Å²) in [5, 5.41) is 65.8. The fourth-order valence-electron chi connectivity index (χ4n) is 11.6. The summed E-state index contributed by atoms with van der Waals surface area (Å²) in [6.45, 7) is 11.0. The van der Waals surface area contributed by atoms with Gasteiger partial charge in [0.1, 0.15) is 18.3 Å². The molecular weight excluding hydrogens is 683 g/mol. The van der Waals surface area contributed by atoms with Crippen molar-refractivity contribution in [2.24, 2.45) is 58.2 Å². The normalized spacial score (nSPS) is 47.5. The molecule has 5 rings (SSSR count). The molecule has 0 aromatic rings. The molecule has 0 radical (unpaired) electrons. The molecule has 5 fully saturated rings. The van der Waals surface area contributed by atoms with Crippen LogP contribution < -0.4 is 29.6 Å². The van der Waals surface area contributed by atoms with Crippen LogP contribution in [0.1, 0.15) is 86.0 Å². The van der Waals surface area contributed by atoms with Gasteiger partial charge >= 0.3 is 29.6 Å². The molecule has 1 heterocycles. The van der Waals surface area contributed by atoms with Crippen molar-refractivity contribution in [2.45, 2.75) is 141 Å². The number of hydrogen-bond acceptors (Lipinski definition) is 13. The molecule has 6 N–H and O–H groups in total. The Balaban J connectivity index is 0.00000562. The van der Waals surface area contributed by atoms with Gasteiger partial charge < -0.3 is 49.4 Å². The van der Waals surface area contributed by atoms with Gasteiger partial charge in [-0.05, 0) is 97.2 Å². The van der Waals surface area contributed by atoms with Crippen LogP contribution in [-0.2, 0) is 28.8 Å². The van der Waals surface area contributed by atoms with Crippen LogP contribution >= 0.6 is 0 Å². The number of fused-ring (bicyclic) bond motifs is 5. The van der Waals surface area contributed by atoms with Crippen molar-refractivity contribution in [3.63, 3.8) is 0 Å². The summed E-state index contributed by atoms with van der Waals surface area (Å²) in [7, 11) is -3.66. The Labute approximate surface area is 320 Å². The smallest absolute Gasteiger partial charge is 0.726 e. The molecule has 0 bridgehead atoms. The molecule has 15 heteroatoms. The molecule has 0 amide bonds. The van der Waals surface area contributed by atoms with Gasteiger partial charge in [0.25, 0.3) is 0 Å². The van der Waals surface area contributed by atoms with Gasteiger partial charge in [-0.2, -0.15) is 0 Å². The van der Waals surface area contributed by atoms with Gasteiger partial charge in [0.2, 0.25) is 10.4 Å². The van der Waals surface area contributed by atoms with Gasteiger partial charge in [-0.15, -0.1) is 0 Å². The molecular formula is C35H61NaO13S. The van der Waals surface area contributed by atoms with Crippen LogP contribution in [0.25, 0.3) is 0 Å². The zero-order chi connectivity index (χ0) is 36.2. The van der Waals surface area contributed by atoms with E-state index in [2.05, 4.69) is 27.7 Å². The Morgan fingerprint density at radius 1 is 0.840 bits per heavy atom. The van der Waals surface area contributed by atoms with E-state index in [-0.39, 0.29) is 78.1 Å². The summed E-state index contributed by atoms with van der Waals surface area (Å²) in [6.07, 6.45) is -4.43. The van der Waals surface area contributed by atoms with Crippen LogP contribution in [0.5, 0.6) is 0 Å². The summed E-state index contributed by atoms with van der Waals surface area (Å²) in [5.74, 6) is -0.919. The minimum Gasteiger partial charge on any atom is -0.726 e. The molecule has 5 aliphatic rings. The maximum Gasteiger partial charge on any atom is 1.00 e. The molecule has 13 nitrogen and oxygen atoms in total. The zero-order valence-electron chi connectivity index (χ0n) is 30.8. The third-order valence-electron chi connectivity index (χ3n) is 14.1. The first-order valence-electron chi connectivity index (χ1n) is 18.3. The number of methoxy groups -OCH3 is 1. The minimum absolute atomic E-state index is 0. The van der Waals surface area contributed by atoms with E-state index in [1.165, 1.54) is 7.11 Å². The van der Waals surface area contributed by atoms with Gasteiger partial charge in [-0.25, -0.2) is 8.42 Å². The quantitative estimate of drug-likeness (QED) is 0.0769. The average molecular weight is 745 g/mol. The molecule has 0 aromatic carbocycles. The summed E-state index contributed by atoms with van der Waals surface area (Å²) < 4.78 is 57.4. The standard InChI is InChI=1S/C35H62O13S.Na/c1-17(2)19(11-14-46-33-32(41)29(38)24(45-6)16-47-33)8-7-18(3)25-30(39)31(40)26-20-15-23(48-49(42,43)44)27-28(37)22(36)10-13-34(27,4)21(20)9-12-35(25,26)5;/h17-33,36-41H,7-16H2,1-6H3,(H,42,43,44);/q;+1/p-1/t18-,19-,20-,21?,22+,23+,24-,25?,26?,27?,28+,29+,30-,31+,32-,33-,34-,35-;/m1./s1. The van der Waals surface area contributed by atoms with E-state index in [4.69, 9.17) is 18.4 Å². The van der Waals surface area contributed by atoms with Crippen molar-refractivity contribution >= 4 is 10.4 Å². The van der Waals surface area contributed by atoms with Crippen LogP contribution in [0.4, 0.5) is 0 Å². The molecule has 1 saturated heterocycles. The van der Waals surface area contributed by atoms with Gasteiger partial charge in [-0.3, -0.25) is 4.18 Å². The topological polar surface area (TPSA) is 215 Å². The molecule has 0 aromatic heterocycles. The third kappa shape index (κ3) is 8.21. The second kappa shape index (κ2) is 16.7. The van der Waals surface area contributed by atoms with Crippen LogP contribution in [0.2, 0.25) is 0 Å². The first-order chi connectivity index (χ1) is 22.9. The summed E-state index contributed by atoms with van der Waals surface area (Å²) in [4.78, 5) is 0. The average Bonchev–Trinajstić information content (AvgIpc) is 3.22. The van der Waals surface area contributed by atoms with E-state index < -0.39 is 82.3 Å². The second-order valence-electron chi connectivity index (χ2n) is 16.9. The van der Waals surface area contributed by atoms with Crippen molar-refractivity contribution in [1.29, 1.82) is 0 Å². The molecule has 4 aliphatic carbocycles. The SMILES string of the molecule is CO[C@@H]1CO[C@@H](OCC[C@@H](CC[C@@H](C)C2[C@@H](O)[C@@H](O)C3[C@@H]4C[C@H](OS(=O)(=O)[O-])C5[C@@H](O)[C@@H](O)CC[C@]5(C)C4CC[C@]23C)C(C)C)[C@H](O)[C@H]1O.[Na+]. The maximum absolute atomic E-state index is 11.9. The number of hydrogen-bond donors (Lipinski definition) is 6. The van der Waals surface area contributed by atoms with Crippen molar-refractivity contribution < 1.29 is 91.6 Å². The molecule has 4 unspecified atom stereocenters. The predicted octanol–water partition coefficient (Wildman–Crippen LogP) is -1.43. The van der Waals surface area contributed by atoms with Gasteiger partial charge in [0, 0.05) is 13.0 Å². The first-order valence-corrected chi connectivity index (χ1v) is 19.7. The van der Waals surface area contributed by atoms with Crippen LogP contribution in [-0.4, -0.2) is 119 Å². The molecule has 0 spiro atoms. The Morgan fingerprint density at radius 2 is 1.50 bits per heavy atom. The molecule has 50 heavy (non-hydrogen) atoms. The van der Waals surface area contributed by atoms with Crippen molar-refractivity contribution in [3.8, 4) is 0 Å². The van der Waals surface area contributed by atoms with Crippen LogP contribution in [0.15, 0.2) is 0 Å². The monoisotopic (exact) mass is 744 g/mol. The van der Waals surface area contributed by atoms with E-state index in [1.807, 2.05) is 6.92 Å². The van der Waals surface area contributed by atoms with Crippen LogP contribution in [0.3, 0.4) is 0 Å². The molecule has 1 aliphatic heterocycles. The van der Waals surface area contributed by atoms with E-state index in [1.54, 1.807) is 0 Å². The molecule has 4 saturated carbocycles. The Kier molecular flexibility index (Phi) is 14.4. The second-order valence-corrected chi connectivity index (χ2v) is 17.9. The van der Waals surface area contributed by atoms with E-state index in [0.29, 0.717) is 31.8 Å². The zero-order valence-corrected chi connectivity index (χ0v) is 33.7.